The SMILES string of the molecule is COc1ccc(S(=O)(=O)N[C@H](Cc2ccccc2)C(=O)Nc2ccc(F)c(C(F)(F)F)c2)cc1OC. The van der Waals surface area contributed by atoms with Gasteiger partial charge in [0.2, 0.25) is 15.9 Å². The van der Waals surface area contributed by atoms with Gasteiger partial charge in [0.1, 0.15) is 11.9 Å². The number of carbonyl (C=O) groups excluding carboxylic acids is 1. The Morgan fingerprint density at radius 1 is 0.944 bits per heavy atom. The van der Waals surface area contributed by atoms with Crippen molar-refractivity contribution >= 4 is 21.6 Å². The van der Waals surface area contributed by atoms with Crippen molar-refractivity contribution in [2.75, 3.05) is 19.5 Å². The van der Waals surface area contributed by atoms with Crippen LogP contribution < -0.4 is 19.5 Å². The molecule has 0 saturated carbocycles. The van der Waals surface area contributed by atoms with Gasteiger partial charge in [-0.25, -0.2) is 12.8 Å². The van der Waals surface area contributed by atoms with Crippen LogP contribution in [0.4, 0.5) is 23.2 Å². The van der Waals surface area contributed by atoms with Crippen LogP contribution in [0.25, 0.3) is 0 Å². The maximum atomic E-state index is 13.6. The van der Waals surface area contributed by atoms with Crippen LogP contribution in [0.2, 0.25) is 0 Å². The first kappa shape index (κ1) is 27.0. The Bertz CT molecular complexity index is 1330. The molecule has 0 aromatic heterocycles. The van der Waals surface area contributed by atoms with Crippen molar-refractivity contribution in [1.82, 2.24) is 4.72 Å². The lowest BCUT2D eigenvalue weighted by atomic mass is 10.1. The number of nitrogens with one attached hydrogen (secondary N) is 2. The zero-order valence-corrected chi connectivity index (χ0v) is 19.9. The molecule has 192 valence electrons. The van der Waals surface area contributed by atoms with Gasteiger partial charge in [-0.15, -0.1) is 0 Å². The molecule has 0 radical (unpaired) electrons. The molecule has 0 aliphatic carbocycles. The second kappa shape index (κ2) is 11.0. The number of hydrogen-bond donors (Lipinski definition) is 2. The number of ether oxygens (including phenoxy) is 2. The number of rotatable bonds is 9. The summed E-state index contributed by atoms with van der Waals surface area (Å²) in [5.74, 6) is -2.03. The zero-order chi connectivity index (χ0) is 26.5. The molecule has 0 aliphatic rings. The Balaban J connectivity index is 1.92. The second-order valence-corrected chi connectivity index (χ2v) is 9.28. The van der Waals surface area contributed by atoms with Crippen LogP contribution in [0.5, 0.6) is 11.5 Å². The van der Waals surface area contributed by atoms with Gasteiger partial charge in [-0.1, -0.05) is 30.3 Å². The molecule has 7 nitrogen and oxygen atoms in total. The Morgan fingerprint density at radius 2 is 1.61 bits per heavy atom. The van der Waals surface area contributed by atoms with Crippen LogP contribution in [0.15, 0.2) is 71.6 Å². The lowest BCUT2D eigenvalue weighted by molar-refractivity contribution is -0.140. The number of methoxy groups -OCH3 is 2. The summed E-state index contributed by atoms with van der Waals surface area (Å²) in [4.78, 5) is 12.8. The number of carbonyl (C=O) groups is 1. The van der Waals surface area contributed by atoms with Crippen molar-refractivity contribution in [3.63, 3.8) is 0 Å². The molecule has 1 amide bonds. The number of benzene rings is 3. The molecular formula is C24H22F4N2O5S. The van der Waals surface area contributed by atoms with Crippen molar-refractivity contribution in [3.05, 3.63) is 83.7 Å². The number of halogens is 4. The van der Waals surface area contributed by atoms with Gasteiger partial charge in [0.05, 0.1) is 24.7 Å². The van der Waals surface area contributed by atoms with E-state index in [0.717, 1.165) is 6.07 Å². The van der Waals surface area contributed by atoms with E-state index in [1.165, 1.54) is 32.4 Å². The molecule has 3 aromatic carbocycles. The van der Waals surface area contributed by atoms with Gasteiger partial charge in [0, 0.05) is 11.8 Å². The third kappa shape index (κ3) is 6.52. The predicted molar refractivity (Wildman–Crippen MR) is 124 cm³/mol. The molecule has 0 unspecified atom stereocenters. The van der Waals surface area contributed by atoms with Crippen molar-refractivity contribution in [3.8, 4) is 11.5 Å². The Kier molecular flexibility index (Phi) is 8.21. The number of sulfonamides is 1. The molecule has 1 atom stereocenters. The minimum absolute atomic E-state index is 0.119. The zero-order valence-electron chi connectivity index (χ0n) is 19.1. The quantitative estimate of drug-likeness (QED) is 0.404. The highest BCUT2D eigenvalue weighted by Gasteiger charge is 2.35. The maximum Gasteiger partial charge on any atom is 0.419 e. The van der Waals surface area contributed by atoms with Crippen LogP contribution in [0.3, 0.4) is 0 Å². The molecule has 3 rings (SSSR count). The lowest BCUT2D eigenvalue weighted by Gasteiger charge is -2.20. The molecule has 0 spiro atoms. The van der Waals surface area contributed by atoms with E-state index in [9.17, 15) is 30.8 Å². The average Bonchev–Trinajstić information content (AvgIpc) is 2.84. The van der Waals surface area contributed by atoms with Crippen LogP contribution in [0, 0.1) is 5.82 Å². The Hall–Kier alpha value is -3.64. The molecule has 0 saturated heterocycles. The van der Waals surface area contributed by atoms with Gasteiger partial charge in [-0.05, 0) is 42.3 Å². The summed E-state index contributed by atoms with van der Waals surface area (Å²) in [6.45, 7) is 0. The smallest absolute Gasteiger partial charge is 0.419 e. The first-order valence-corrected chi connectivity index (χ1v) is 11.9. The van der Waals surface area contributed by atoms with E-state index in [1.807, 2.05) is 0 Å². The molecule has 0 fully saturated rings. The number of alkyl halides is 3. The summed E-state index contributed by atoms with van der Waals surface area (Å²) in [7, 11) is -1.60. The van der Waals surface area contributed by atoms with Crippen LogP contribution in [-0.4, -0.2) is 34.6 Å². The van der Waals surface area contributed by atoms with Crippen LogP contribution >= 0.6 is 0 Å². The topological polar surface area (TPSA) is 93.7 Å². The fourth-order valence-electron chi connectivity index (χ4n) is 3.33. The van der Waals surface area contributed by atoms with Gasteiger partial charge in [-0.2, -0.15) is 17.9 Å². The van der Waals surface area contributed by atoms with E-state index >= 15 is 0 Å². The standard InChI is InChI=1S/C24H22F4N2O5S/c1-34-21-11-9-17(14-22(21)35-2)36(32,33)30-20(12-15-6-4-3-5-7-15)23(31)29-16-8-10-19(25)18(13-16)24(26,27)28/h3-11,13-14,20,30H,12H2,1-2H3,(H,29,31)/t20-/m1/s1. The van der Waals surface area contributed by atoms with E-state index < -0.39 is 39.5 Å². The summed E-state index contributed by atoms with van der Waals surface area (Å²) in [5.41, 5.74) is -1.33. The van der Waals surface area contributed by atoms with Crippen LogP contribution in [-0.2, 0) is 27.4 Å². The van der Waals surface area contributed by atoms with Gasteiger partial charge < -0.3 is 14.8 Å². The molecule has 2 N–H and O–H groups in total. The average molecular weight is 527 g/mol. The van der Waals surface area contributed by atoms with Gasteiger partial charge in [0.15, 0.2) is 11.5 Å². The first-order valence-electron chi connectivity index (χ1n) is 10.4. The van der Waals surface area contributed by atoms with E-state index in [1.54, 1.807) is 30.3 Å². The van der Waals surface area contributed by atoms with E-state index in [-0.39, 0.29) is 28.5 Å². The van der Waals surface area contributed by atoms with E-state index in [0.29, 0.717) is 17.7 Å². The normalized spacial score (nSPS) is 12.6. The number of amides is 1. The third-order valence-corrected chi connectivity index (χ3v) is 6.57. The molecule has 0 aliphatic heterocycles. The third-order valence-electron chi connectivity index (χ3n) is 5.10. The molecule has 36 heavy (non-hydrogen) atoms. The molecule has 0 heterocycles. The monoisotopic (exact) mass is 526 g/mol. The van der Waals surface area contributed by atoms with Crippen molar-refractivity contribution in [1.29, 1.82) is 0 Å². The van der Waals surface area contributed by atoms with E-state index in [2.05, 4.69) is 10.0 Å². The molecular weight excluding hydrogens is 504 g/mol. The summed E-state index contributed by atoms with van der Waals surface area (Å²) in [6.07, 6.45) is -5.10. The summed E-state index contributed by atoms with van der Waals surface area (Å²) in [6, 6.07) is 12.8. The molecule has 0 bridgehead atoms. The van der Waals surface area contributed by atoms with Crippen molar-refractivity contribution < 1.29 is 40.2 Å². The highest BCUT2D eigenvalue weighted by molar-refractivity contribution is 7.89. The Morgan fingerprint density at radius 3 is 2.22 bits per heavy atom. The maximum absolute atomic E-state index is 13.6. The number of hydrogen-bond acceptors (Lipinski definition) is 5. The Labute approximate surface area is 205 Å². The minimum Gasteiger partial charge on any atom is -0.493 e. The van der Waals surface area contributed by atoms with Crippen molar-refractivity contribution in [2.45, 2.75) is 23.5 Å². The fraction of sp³-hybridized carbons (Fsp3) is 0.208. The van der Waals surface area contributed by atoms with Gasteiger partial charge in [0.25, 0.3) is 0 Å². The first-order chi connectivity index (χ1) is 16.9. The number of anilines is 1. The van der Waals surface area contributed by atoms with Gasteiger partial charge >= 0.3 is 6.18 Å². The fourth-order valence-corrected chi connectivity index (χ4v) is 4.54. The largest absolute Gasteiger partial charge is 0.493 e. The summed E-state index contributed by atoms with van der Waals surface area (Å²) >= 11 is 0. The van der Waals surface area contributed by atoms with Crippen LogP contribution in [0.1, 0.15) is 11.1 Å². The van der Waals surface area contributed by atoms with Gasteiger partial charge in [-0.3, -0.25) is 4.79 Å². The molecule has 3 aromatic rings. The second-order valence-electron chi connectivity index (χ2n) is 7.56. The highest BCUT2D eigenvalue weighted by Crippen LogP contribution is 2.33. The summed E-state index contributed by atoms with van der Waals surface area (Å²) < 4.78 is 91.6. The predicted octanol–water partition coefficient (Wildman–Crippen LogP) is 4.39. The van der Waals surface area contributed by atoms with Crippen molar-refractivity contribution in [2.24, 2.45) is 0 Å². The molecule has 12 heteroatoms. The minimum atomic E-state index is -4.98. The lowest BCUT2D eigenvalue weighted by Crippen LogP contribution is -2.45. The summed E-state index contributed by atoms with van der Waals surface area (Å²) in [5, 5.41) is 2.24. The highest BCUT2D eigenvalue weighted by atomic mass is 32.2. The van der Waals surface area contributed by atoms with E-state index in [4.69, 9.17) is 9.47 Å².